The second kappa shape index (κ2) is 6.70. The summed E-state index contributed by atoms with van der Waals surface area (Å²) >= 11 is 0. The monoisotopic (exact) mass is 429 g/mol. The maximum absolute atomic E-state index is 14.0. The van der Waals surface area contributed by atoms with E-state index in [1.54, 1.807) is 0 Å². The predicted octanol–water partition coefficient (Wildman–Crippen LogP) is 5.78. The van der Waals surface area contributed by atoms with Crippen LogP contribution in [0.25, 0.3) is 0 Å². The van der Waals surface area contributed by atoms with Crippen molar-refractivity contribution in [3.8, 4) is 0 Å². The Kier molecular flexibility index (Phi) is 4.28. The van der Waals surface area contributed by atoms with E-state index in [9.17, 15) is 4.79 Å². The van der Waals surface area contributed by atoms with Gasteiger partial charge in [0.05, 0.1) is 12.0 Å². The third kappa shape index (κ3) is 2.33. The van der Waals surface area contributed by atoms with Crippen LogP contribution in [0.4, 0.5) is 0 Å². The molecule has 32 heavy (non-hydrogen) atoms. The van der Waals surface area contributed by atoms with Crippen molar-refractivity contribution in [2.75, 3.05) is 0 Å². The molecule has 2 saturated heterocycles. The van der Waals surface area contributed by atoms with Gasteiger partial charge in [0.25, 0.3) is 0 Å². The van der Waals surface area contributed by atoms with Crippen LogP contribution in [0.5, 0.6) is 0 Å². The minimum absolute atomic E-state index is 0.00441. The lowest BCUT2D eigenvalue weighted by molar-refractivity contribution is -0.259. The molecule has 0 aromatic heterocycles. The van der Waals surface area contributed by atoms with E-state index in [1.165, 1.54) is 17.5 Å². The summed E-state index contributed by atoms with van der Waals surface area (Å²) in [6.07, 6.45) is 4.41. The number of carbonyl (C=O) groups excluding carboxylic acids is 1. The van der Waals surface area contributed by atoms with Crippen LogP contribution in [0.15, 0.2) is 60.7 Å². The van der Waals surface area contributed by atoms with Gasteiger partial charge in [-0.05, 0) is 50.2 Å². The van der Waals surface area contributed by atoms with E-state index in [0.29, 0.717) is 17.7 Å². The van der Waals surface area contributed by atoms with Crippen LogP contribution in [0, 0.1) is 23.2 Å². The third-order valence-corrected chi connectivity index (χ3v) is 9.86. The quantitative estimate of drug-likeness (QED) is 0.605. The van der Waals surface area contributed by atoms with E-state index < -0.39 is 0 Å². The molecule has 2 aliphatic carbocycles. The van der Waals surface area contributed by atoms with Crippen molar-refractivity contribution in [3.63, 3.8) is 0 Å². The molecule has 4 aliphatic rings. The molecule has 0 N–H and O–H groups in total. The van der Waals surface area contributed by atoms with Crippen molar-refractivity contribution in [2.24, 2.45) is 23.2 Å². The zero-order valence-electron chi connectivity index (χ0n) is 19.8. The summed E-state index contributed by atoms with van der Waals surface area (Å²) in [6, 6.07) is 21.7. The molecule has 2 aromatic rings. The highest BCUT2D eigenvalue weighted by Gasteiger charge is 2.78. The highest BCUT2D eigenvalue weighted by molar-refractivity contribution is 5.87. The molecule has 2 aliphatic heterocycles. The first-order valence-electron chi connectivity index (χ1n) is 12.4. The maximum Gasteiger partial charge on any atom is 0.229 e. The fourth-order valence-corrected chi connectivity index (χ4v) is 8.07. The van der Waals surface area contributed by atoms with E-state index >= 15 is 0 Å². The molecular formula is C29H35NO2. The van der Waals surface area contributed by atoms with E-state index in [-0.39, 0.29) is 34.6 Å². The lowest BCUT2D eigenvalue weighted by atomic mass is 9.40. The van der Waals surface area contributed by atoms with Crippen LogP contribution in [0.1, 0.15) is 64.5 Å². The van der Waals surface area contributed by atoms with Crippen LogP contribution >= 0.6 is 0 Å². The van der Waals surface area contributed by atoms with E-state index in [2.05, 4.69) is 93.3 Å². The standard InChI is InChI=1S/C29H35NO2/c1-19-15-16-22-24(17-19)32-26-28(4)23(25(31)30(26)27(22,2)3)18-29(28,20-11-7-5-8-12-20)21-13-9-6-10-14-21/h5-14,19,22-24,26H,15-18H2,1-4H3/t19-,22-,23-,24-,26+,28-/m1/s1. The van der Waals surface area contributed by atoms with Crippen molar-refractivity contribution >= 4 is 5.91 Å². The molecule has 1 amide bonds. The first-order chi connectivity index (χ1) is 15.3. The van der Waals surface area contributed by atoms with Crippen LogP contribution < -0.4 is 0 Å². The average Bonchev–Trinajstić information content (AvgIpc) is 2.95. The topological polar surface area (TPSA) is 29.5 Å². The molecule has 2 saturated carbocycles. The third-order valence-electron chi connectivity index (χ3n) is 9.86. The van der Waals surface area contributed by atoms with Gasteiger partial charge in [0.15, 0.2) is 0 Å². The molecule has 6 rings (SSSR count). The minimum atomic E-state index is -0.296. The highest BCUT2D eigenvalue weighted by Crippen LogP contribution is 2.72. The Balaban J connectivity index is 1.52. The molecule has 3 heteroatoms. The molecule has 6 atom stereocenters. The number of ether oxygens (including phenoxy) is 1. The fraction of sp³-hybridized carbons (Fsp3) is 0.552. The number of benzene rings is 2. The fourth-order valence-electron chi connectivity index (χ4n) is 8.07. The van der Waals surface area contributed by atoms with Crippen molar-refractivity contribution in [2.45, 2.75) is 76.7 Å². The molecule has 4 fully saturated rings. The minimum Gasteiger partial charge on any atom is -0.354 e. The van der Waals surface area contributed by atoms with Crippen molar-refractivity contribution < 1.29 is 9.53 Å². The Morgan fingerprint density at radius 1 is 0.906 bits per heavy atom. The van der Waals surface area contributed by atoms with Crippen LogP contribution in [0.2, 0.25) is 0 Å². The van der Waals surface area contributed by atoms with Crippen molar-refractivity contribution in [1.82, 2.24) is 4.90 Å². The van der Waals surface area contributed by atoms with Crippen molar-refractivity contribution in [1.29, 1.82) is 0 Å². The molecule has 0 bridgehead atoms. The second-order valence-corrected chi connectivity index (χ2v) is 11.6. The summed E-state index contributed by atoms with van der Waals surface area (Å²) in [7, 11) is 0. The zero-order valence-corrected chi connectivity index (χ0v) is 19.8. The van der Waals surface area contributed by atoms with Gasteiger partial charge >= 0.3 is 0 Å². The summed E-state index contributed by atoms with van der Waals surface area (Å²) in [4.78, 5) is 16.1. The van der Waals surface area contributed by atoms with Crippen LogP contribution in [0.3, 0.4) is 0 Å². The molecule has 2 heterocycles. The normalized spacial score (nSPS) is 38.9. The van der Waals surface area contributed by atoms with Gasteiger partial charge < -0.3 is 9.64 Å². The molecule has 2 aromatic carbocycles. The second-order valence-electron chi connectivity index (χ2n) is 11.6. The Morgan fingerprint density at radius 2 is 1.50 bits per heavy atom. The summed E-state index contributed by atoms with van der Waals surface area (Å²) in [5.41, 5.74) is 1.92. The van der Waals surface area contributed by atoms with Gasteiger partial charge in [-0.3, -0.25) is 4.79 Å². The van der Waals surface area contributed by atoms with Gasteiger partial charge in [-0.25, -0.2) is 0 Å². The van der Waals surface area contributed by atoms with Gasteiger partial charge in [0, 0.05) is 22.3 Å². The molecule has 0 unspecified atom stereocenters. The summed E-state index contributed by atoms with van der Waals surface area (Å²) in [5.74, 6) is 1.42. The number of hydrogen-bond acceptors (Lipinski definition) is 2. The maximum atomic E-state index is 14.0. The number of carbonyl (C=O) groups is 1. The van der Waals surface area contributed by atoms with Gasteiger partial charge in [-0.2, -0.15) is 0 Å². The molecule has 0 radical (unpaired) electrons. The average molecular weight is 430 g/mol. The number of hydrogen-bond donors (Lipinski definition) is 0. The summed E-state index contributed by atoms with van der Waals surface area (Å²) in [5, 5.41) is 0. The number of rotatable bonds is 2. The first kappa shape index (κ1) is 20.5. The Hall–Kier alpha value is -2.13. The molecule has 0 spiro atoms. The van der Waals surface area contributed by atoms with E-state index in [0.717, 1.165) is 19.3 Å². The van der Waals surface area contributed by atoms with Gasteiger partial charge in [0.2, 0.25) is 5.91 Å². The zero-order chi connectivity index (χ0) is 22.3. The Bertz CT molecular complexity index is 992. The highest BCUT2D eigenvalue weighted by atomic mass is 16.5. The number of fused-ring (bicyclic) bond motifs is 4. The van der Waals surface area contributed by atoms with Gasteiger partial charge in [-0.15, -0.1) is 0 Å². The van der Waals surface area contributed by atoms with Crippen LogP contribution in [-0.4, -0.2) is 28.7 Å². The first-order valence-corrected chi connectivity index (χ1v) is 12.4. The molecular weight excluding hydrogens is 394 g/mol. The van der Waals surface area contributed by atoms with Gasteiger partial charge in [-0.1, -0.05) is 80.9 Å². The summed E-state index contributed by atoms with van der Waals surface area (Å²) in [6.45, 7) is 9.29. The van der Waals surface area contributed by atoms with Crippen molar-refractivity contribution in [3.05, 3.63) is 71.8 Å². The SMILES string of the molecule is C[C@@H]1CC[C@@H]2[C@@H](C1)O[C@@H]1N(C(=O)[C@H]3CC(c4ccccc4)(c4ccccc4)[C@]31C)C2(C)C. The Morgan fingerprint density at radius 3 is 2.09 bits per heavy atom. The lowest BCUT2D eigenvalue weighted by Gasteiger charge is -2.64. The van der Waals surface area contributed by atoms with Crippen LogP contribution in [-0.2, 0) is 14.9 Å². The summed E-state index contributed by atoms with van der Waals surface area (Å²) < 4.78 is 7.03. The number of amides is 1. The Labute approximate surface area is 192 Å². The molecule has 3 nitrogen and oxygen atoms in total. The van der Waals surface area contributed by atoms with E-state index in [1.807, 2.05) is 0 Å². The number of nitrogens with zero attached hydrogens (tertiary/aromatic N) is 1. The lowest BCUT2D eigenvalue weighted by Crippen LogP contribution is -2.69. The van der Waals surface area contributed by atoms with Gasteiger partial charge in [0.1, 0.15) is 6.23 Å². The predicted molar refractivity (Wildman–Crippen MR) is 126 cm³/mol. The molecule has 168 valence electrons. The largest absolute Gasteiger partial charge is 0.354 e. The smallest absolute Gasteiger partial charge is 0.229 e. The van der Waals surface area contributed by atoms with E-state index in [4.69, 9.17) is 4.74 Å².